The van der Waals surface area contributed by atoms with Gasteiger partial charge in [-0.2, -0.15) is 0 Å². The molecule has 158 valence electrons. The van der Waals surface area contributed by atoms with Gasteiger partial charge in [0.1, 0.15) is 5.75 Å². The molecule has 0 amide bonds. The highest BCUT2D eigenvalue weighted by Gasteiger charge is 2.14. The molecule has 3 aromatic carbocycles. The van der Waals surface area contributed by atoms with Crippen LogP contribution in [-0.4, -0.2) is 36.0 Å². The molecule has 1 unspecified atom stereocenters. The van der Waals surface area contributed by atoms with Crippen molar-refractivity contribution in [2.45, 2.75) is 12.6 Å². The van der Waals surface area contributed by atoms with E-state index in [2.05, 4.69) is 64.5 Å². The molecule has 0 fully saturated rings. The maximum absolute atomic E-state index is 10.7. The maximum atomic E-state index is 10.7. The molecule has 4 rings (SSSR count). The van der Waals surface area contributed by atoms with E-state index in [-0.39, 0.29) is 0 Å². The van der Waals surface area contributed by atoms with Gasteiger partial charge in [-0.1, -0.05) is 60.7 Å². The van der Waals surface area contributed by atoms with Gasteiger partial charge >= 0.3 is 0 Å². The van der Waals surface area contributed by atoms with Crippen molar-refractivity contribution in [2.75, 3.05) is 20.2 Å². The van der Waals surface area contributed by atoms with Gasteiger partial charge in [0.25, 0.3) is 0 Å². The van der Waals surface area contributed by atoms with Crippen LogP contribution in [0.25, 0.3) is 28.2 Å². The first-order valence-electron chi connectivity index (χ1n) is 10.6. The molecule has 0 spiro atoms. The number of fused-ring (bicyclic) bond motifs is 1. The number of para-hydroxylation sites is 1. The first-order chi connectivity index (χ1) is 15.2. The van der Waals surface area contributed by atoms with Crippen molar-refractivity contribution >= 4 is 17.0 Å². The minimum atomic E-state index is -0.502. The first kappa shape index (κ1) is 20.9. The number of hydrogen-bond donors (Lipinski definition) is 2. The summed E-state index contributed by atoms with van der Waals surface area (Å²) in [6, 6.07) is 28.7. The van der Waals surface area contributed by atoms with Gasteiger partial charge < -0.3 is 19.7 Å². The summed E-state index contributed by atoms with van der Waals surface area (Å²) in [5, 5.41) is 15.2. The fourth-order valence-corrected chi connectivity index (χ4v) is 3.78. The van der Waals surface area contributed by atoms with Gasteiger partial charge in [-0.25, -0.2) is 0 Å². The Balaban J connectivity index is 1.44. The molecule has 1 atom stereocenters. The summed E-state index contributed by atoms with van der Waals surface area (Å²) in [4.78, 5) is 0. The average Bonchev–Trinajstić information content (AvgIpc) is 3.18. The summed E-state index contributed by atoms with van der Waals surface area (Å²) < 4.78 is 7.49. The molecule has 4 nitrogen and oxygen atoms in total. The molecule has 4 aromatic rings. The largest absolute Gasteiger partial charge is 0.497 e. The molecule has 0 aliphatic rings. The van der Waals surface area contributed by atoms with Crippen LogP contribution in [0.5, 0.6) is 5.75 Å². The number of nitrogens with zero attached hydrogens (tertiary/aromatic N) is 1. The number of aliphatic hydroxyl groups excluding tert-OH is 1. The Morgan fingerprint density at radius 2 is 1.71 bits per heavy atom. The number of methoxy groups -OCH3 is 1. The summed E-state index contributed by atoms with van der Waals surface area (Å²) >= 11 is 0. The topological polar surface area (TPSA) is 46.4 Å². The average molecular weight is 413 g/mol. The Hall–Kier alpha value is -3.34. The van der Waals surface area contributed by atoms with E-state index >= 15 is 0 Å². The zero-order valence-electron chi connectivity index (χ0n) is 17.7. The Morgan fingerprint density at radius 3 is 2.48 bits per heavy atom. The van der Waals surface area contributed by atoms with Gasteiger partial charge in [0, 0.05) is 29.7 Å². The van der Waals surface area contributed by atoms with E-state index < -0.39 is 6.10 Å². The third-order valence-electron chi connectivity index (χ3n) is 5.34. The van der Waals surface area contributed by atoms with Crippen molar-refractivity contribution in [3.63, 3.8) is 0 Å². The van der Waals surface area contributed by atoms with E-state index in [1.54, 1.807) is 7.11 Å². The van der Waals surface area contributed by atoms with Gasteiger partial charge in [0.05, 0.1) is 19.8 Å². The second-order valence-electron chi connectivity index (χ2n) is 7.55. The van der Waals surface area contributed by atoms with Crippen LogP contribution in [0, 0.1) is 0 Å². The second kappa shape index (κ2) is 10.1. The second-order valence-corrected chi connectivity index (χ2v) is 7.55. The van der Waals surface area contributed by atoms with Crippen molar-refractivity contribution < 1.29 is 9.84 Å². The van der Waals surface area contributed by atoms with E-state index in [0.29, 0.717) is 19.6 Å². The number of hydrogen-bond acceptors (Lipinski definition) is 3. The minimum Gasteiger partial charge on any atom is -0.497 e. The molecule has 0 aliphatic heterocycles. The molecule has 1 heterocycles. The van der Waals surface area contributed by atoms with E-state index in [1.807, 2.05) is 42.5 Å². The molecule has 0 radical (unpaired) electrons. The summed E-state index contributed by atoms with van der Waals surface area (Å²) in [6.45, 7) is 1.75. The molecule has 0 saturated heterocycles. The smallest absolute Gasteiger partial charge is 0.118 e. The Labute approximate surface area is 183 Å². The lowest BCUT2D eigenvalue weighted by Gasteiger charge is -2.16. The lowest BCUT2D eigenvalue weighted by atomic mass is 10.1. The van der Waals surface area contributed by atoms with Crippen LogP contribution in [0.15, 0.2) is 91.0 Å². The number of nitrogens with one attached hydrogen (secondary N) is 1. The van der Waals surface area contributed by atoms with E-state index in [4.69, 9.17) is 4.74 Å². The molecule has 4 heteroatoms. The van der Waals surface area contributed by atoms with Crippen LogP contribution in [0.4, 0.5) is 0 Å². The highest BCUT2D eigenvalue weighted by molar-refractivity contribution is 5.87. The van der Waals surface area contributed by atoms with Crippen molar-refractivity contribution in [2.24, 2.45) is 0 Å². The zero-order valence-corrected chi connectivity index (χ0v) is 17.7. The summed E-state index contributed by atoms with van der Waals surface area (Å²) in [7, 11) is 1.67. The van der Waals surface area contributed by atoms with Crippen molar-refractivity contribution in [1.82, 2.24) is 9.88 Å². The number of rotatable bonds is 9. The van der Waals surface area contributed by atoms with Crippen LogP contribution in [0.1, 0.15) is 5.56 Å². The van der Waals surface area contributed by atoms with Crippen molar-refractivity contribution in [3.05, 3.63) is 96.6 Å². The quantitative estimate of drug-likeness (QED) is 0.381. The summed E-state index contributed by atoms with van der Waals surface area (Å²) in [5.74, 6) is 0.833. The molecule has 0 saturated carbocycles. The molecule has 1 aromatic heterocycles. The molecule has 2 N–H and O–H groups in total. The highest BCUT2D eigenvalue weighted by Crippen LogP contribution is 2.29. The third kappa shape index (κ3) is 5.23. The number of ether oxygens (including phenoxy) is 1. The number of aromatic nitrogens is 1. The third-order valence-corrected chi connectivity index (χ3v) is 5.34. The summed E-state index contributed by atoms with van der Waals surface area (Å²) in [6.07, 6.45) is 3.66. The lowest BCUT2D eigenvalue weighted by molar-refractivity contribution is 0.155. The molecular formula is C27H28N2O2. The maximum Gasteiger partial charge on any atom is 0.118 e. The Morgan fingerprint density at radius 1 is 0.968 bits per heavy atom. The lowest BCUT2D eigenvalue weighted by Crippen LogP contribution is -2.30. The molecule has 0 aliphatic carbocycles. The van der Waals surface area contributed by atoms with Crippen LogP contribution in [-0.2, 0) is 6.54 Å². The standard InChI is InChI=1S/C27H28N2O2/c1-31-25-15-13-22(14-16-25)27-18-23-11-5-6-12-26(23)29(27)20-24(30)19-28-17-7-10-21-8-3-2-4-9-21/h2-16,18,24,28,30H,17,19-20H2,1H3/b10-7+. The van der Waals surface area contributed by atoms with Crippen molar-refractivity contribution in [1.29, 1.82) is 0 Å². The molecule has 31 heavy (non-hydrogen) atoms. The highest BCUT2D eigenvalue weighted by atomic mass is 16.5. The molecule has 0 bridgehead atoms. The van der Waals surface area contributed by atoms with Crippen LogP contribution in [0.2, 0.25) is 0 Å². The SMILES string of the molecule is COc1ccc(-c2cc3ccccc3n2CC(O)CNC/C=C/c2ccccc2)cc1. The van der Waals surface area contributed by atoms with Crippen molar-refractivity contribution in [3.8, 4) is 17.0 Å². The van der Waals surface area contributed by atoms with Gasteiger partial charge in [-0.05, 0) is 47.5 Å². The number of benzene rings is 3. The normalized spacial score (nSPS) is 12.5. The number of aliphatic hydroxyl groups is 1. The Kier molecular flexibility index (Phi) is 6.82. The Bertz CT molecular complexity index is 1130. The van der Waals surface area contributed by atoms with Gasteiger partial charge in [-0.15, -0.1) is 0 Å². The van der Waals surface area contributed by atoms with Gasteiger partial charge in [0.15, 0.2) is 0 Å². The van der Waals surface area contributed by atoms with Gasteiger partial charge in [0.2, 0.25) is 0 Å². The fraction of sp³-hybridized carbons (Fsp3) is 0.185. The van der Waals surface area contributed by atoms with E-state index in [9.17, 15) is 5.11 Å². The zero-order chi connectivity index (χ0) is 21.5. The predicted octanol–water partition coefficient (Wildman–Crippen LogP) is 4.98. The summed E-state index contributed by atoms with van der Waals surface area (Å²) in [5.41, 5.74) is 4.49. The van der Waals surface area contributed by atoms with Crippen LogP contribution < -0.4 is 10.1 Å². The minimum absolute atomic E-state index is 0.502. The van der Waals surface area contributed by atoms with E-state index in [1.165, 1.54) is 10.9 Å². The van der Waals surface area contributed by atoms with Gasteiger partial charge in [-0.3, -0.25) is 0 Å². The van der Waals surface area contributed by atoms with Crippen LogP contribution in [0.3, 0.4) is 0 Å². The first-order valence-corrected chi connectivity index (χ1v) is 10.6. The van der Waals surface area contributed by atoms with E-state index in [0.717, 1.165) is 22.5 Å². The predicted molar refractivity (Wildman–Crippen MR) is 128 cm³/mol. The molecular weight excluding hydrogens is 384 g/mol. The van der Waals surface area contributed by atoms with Crippen LogP contribution >= 0.6 is 0 Å². The fourth-order valence-electron chi connectivity index (χ4n) is 3.78. The monoisotopic (exact) mass is 412 g/mol.